The van der Waals surface area contributed by atoms with Crippen LogP contribution in [0.3, 0.4) is 0 Å². The van der Waals surface area contributed by atoms with Crippen molar-refractivity contribution in [1.29, 1.82) is 0 Å². The summed E-state index contributed by atoms with van der Waals surface area (Å²) < 4.78 is 0. The summed E-state index contributed by atoms with van der Waals surface area (Å²) in [5.41, 5.74) is 1.13. The third-order valence-corrected chi connectivity index (χ3v) is 6.79. The van der Waals surface area contributed by atoms with Crippen LogP contribution in [0.25, 0.3) is 0 Å². The molecule has 1 aliphatic carbocycles. The summed E-state index contributed by atoms with van der Waals surface area (Å²) in [4.78, 5) is 34.7. The normalized spacial score (nSPS) is 25.3. The van der Waals surface area contributed by atoms with Crippen molar-refractivity contribution in [1.82, 2.24) is 20.1 Å². The maximum absolute atomic E-state index is 13.0. The fourth-order valence-electron chi connectivity index (χ4n) is 4.61. The van der Waals surface area contributed by atoms with Crippen LogP contribution in [0.2, 0.25) is 0 Å². The minimum Gasteiger partial charge on any atom is -0.339 e. The number of aromatic nitrogens is 1. The molecule has 6 nitrogen and oxygen atoms in total. The lowest BCUT2D eigenvalue weighted by molar-refractivity contribution is -0.132. The van der Waals surface area contributed by atoms with E-state index in [9.17, 15) is 9.59 Å². The van der Waals surface area contributed by atoms with Gasteiger partial charge in [-0.1, -0.05) is 26.8 Å². The summed E-state index contributed by atoms with van der Waals surface area (Å²) in [6.07, 6.45) is 5.02. The SMILES string of the molecule is CC(C)N(C)C1CCC(N2CCC(NC(=O)c3cccc(C(C)(C)C)n3)C2=O)CC1. The lowest BCUT2D eigenvalue weighted by atomic mass is 9.89. The number of carbonyl (C=O) groups excluding carboxylic acids is 2. The molecule has 2 aliphatic rings. The zero-order valence-corrected chi connectivity index (χ0v) is 19.4. The van der Waals surface area contributed by atoms with Crippen molar-refractivity contribution in [3.05, 3.63) is 29.6 Å². The Morgan fingerprint density at radius 2 is 1.83 bits per heavy atom. The Labute approximate surface area is 181 Å². The average molecular weight is 415 g/mol. The zero-order valence-electron chi connectivity index (χ0n) is 19.4. The van der Waals surface area contributed by atoms with Crippen LogP contribution in [0.4, 0.5) is 0 Å². The van der Waals surface area contributed by atoms with Crippen LogP contribution in [0.5, 0.6) is 0 Å². The molecular formula is C24H38N4O2. The highest BCUT2D eigenvalue weighted by Crippen LogP contribution is 2.29. The number of carbonyl (C=O) groups is 2. The van der Waals surface area contributed by atoms with Crippen LogP contribution in [0.15, 0.2) is 18.2 Å². The van der Waals surface area contributed by atoms with Gasteiger partial charge in [-0.25, -0.2) is 4.98 Å². The van der Waals surface area contributed by atoms with E-state index in [0.717, 1.165) is 37.9 Å². The number of hydrogen-bond donors (Lipinski definition) is 1. The van der Waals surface area contributed by atoms with E-state index < -0.39 is 6.04 Å². The van der Waals surface area contributed by atoms with Crippen molar-refractivity contribution < 1.29 is 9.59 Å². The minimum atomic E-state index is -0.436. The second-order valence-corrected chi connectivity index (χ2v) is 10.2. The summed E-state index contributed by atoms with van der Waals surface area (Å²) in [5.74, 6) is -0.195. The van der Waals surface area contributed by atoms with Crippen molar-refractivity contribution in [3.63, 3.8) is 0 Å². The molecule has 0 bridgehead atoms. The smallest absolute Gasteiger partial charge is 0.270 e. The molecule has 30 heavy (non-hydrogen) atoms. The molecule has 1 unspecified atom stereocenters. The largest absolute Gasteiger partial charge is 0.339 e. The van der Waals surface area contributed by atoms with Crippen LogP contribution >= 0.6 is 0 Å². The quantitative estimate of drug-likeness (QED) is 0.802. The van der Waals surface area contributed by atoms with Crippen LogP contribution < -0.4 is 5.32 Å². The molecule has 1 saturated heterocycles. The first-order valence-electron chi connectivity index (χ1n) is 11.4. The number of hydrogen-bond acceptors (Lipinski definition) is 4. The van der Waals surface area contributed by atoms with E-state index in [2.05, 4.69) is 56.9 Å². The molecule has 0 radical (unpaired) electrons. The number of amides is 2. The number of rotatable bonds is 5. The molecule has 2 fully saturated rings. The average Bonchev–Trinajstić information content (AvgIpc) is 3.07. The minimum absolute atomic E-state index is 0.0657. The summed E-state index contributed by atoms with van der Waals surface area (Å²) in [5, 5.41) is 2.93. The second kappa shape index (κ2) is 9.04. The lowest BCUT2D eigenvalue weighted by Crippen LogP contribution is -2.48. The predicted octanol–water partition coefficient (Wildman–Crippen LogP) is 3.36. The highest BCUT2D eigenvalue weighted by molar-refractivity contribution is 5.96. The van der Waals surface area contributed by atoms with E-state index in [1.54, 1.807) is 6.07 Å². The Morgan fingerprint density at radius 3 is 2.43 bits per heavy atom. The van der Waals surface area contributed by atoms with Crippen molar-refractivity contribution in [2.24, 2.45) is 0 Å². The molecule has 1 saturated carbocycles. The monoisotopic (exact) mass is 414 g/mol. The number of pyridine rings is 1. The fraction of sp³-hybridized carbons (Fsp3) is 0.708. The molecule has 2 amide bonds. The molecule has 1 N–H and O–H groups in total. The molecule has 3 rings (SSSR count). The van der Waals surface area contributed by atoms with Gasteiger partial charge in [0.1, 0.15) is 11.7 Å². The van der Waals surface area contributed by atoms with Crippen LogP contribution in [0, 0.1) is 0 Å². The maximum Gasteiger partial charge on any atom is 0.270 e. The van der Waals surface area contributed by atoms with Gasteiger partial charge in [-0.15, -0.1) is 0 Å². The highest BCUT2D eigenvalue weighted by Gasteiger charge is 2.38. The van der Waals surface area contributed by atoms with E-state index >= 15 is 0 Å². The van der Waals surface area contributed by atoms with E-state index in [-0.39, 0.29) is 17.2 Å². The van der Waals surface area contributed by atoms with Gasteiger partial charge in [0.25, 0.3) is 5.91 Å². The van der Waals surface area contributed by atoms with Crippen molar-refractivity contribution in [2.45, 2.75) is 96.3 Å². The molecule has 1 aromatic rings. The number of likely N-dealkylation sites (tertiary alicyclic amines) is 1. The third-order valence-electron chi connectivity index (χ3n) is 6.79. The summed E-state index contributed by atoms with van der Waals surface area (Å²) in [7, 11) is 2.20. The van der Waals surface area contributed by atoms with Gasteiger partial charge in [-0.2, -0.15) is 0 Å². The number of nitrogens with one attached hydrogen (secondary N) is 1. The molecule has 0 spiro atoms. The van der Waals surface area contributed by atoms with Crippen LogP contribution in [-0.2, 0) is 10.2 Å². The van der Waals surface area contributed by atoms with Gasteiger partial charge in [0.15, 0.2) is 0 Å². The molecule has 2 heterocycles. The first-order valence-corrected chi connectivity index (χ1v) is 11.4. The molecule has 1 aliphatic heterocycles. The first-order chi connectivity index (χ1) is 14.1. The van der Waals surface area contributed by atoms with Gasteiger partial charge in [-0.3, -0.25) is 9.59 Å². The summed E-state index contributed by atoms with van der Waals surface area (Å²) >= 11 is 0. The van der Waals surface area contributed by atoms with Gasteiger partial charge in [0.05, 0.1) is 0 Å². The predicted molar refractivity (Wildman–Crippen MR) is 119 cm³/mol. The molecule has 6 heteroatoms. The molecule has 0 aromatic carbocycles. The fourth-order valence-corrected chi connectivity index (χ4v) is 4.61. The Kier molecular flexibility index (Phi) is 6.85. The highest BCUT2D eigenvalue weighted by atomic mass is 16.2. The summed E-state index contributed by atoms with van der Waals surface area (Å²) in [6, 6.07) is 6.53. The van der Waals surface area contributed by atoms with Crippen LogP contribution in [-0.4, -0.2) is 64.4 Å². The standard InChI is InChI=1S/C24H38N4O2/c1-16(2)27(6)17-10-12-18(13-11-17)28-15-14-20(23(28)30)26-22(29)19-8-7-9-21(25-19)24(3,4)5/h7-9,16-18,20H,10-15H2,1-6H3,(H,26,29). The van der Waals surface area contributed by atoms with Gasteiger partial charge >= 0.3 is 0 Å². The second-order valence-electron chi connectivity index (χ2n) is 10.2. The van der Waals surface area contributed by atoms with E-state index in [0.29, 0.717) is 30.2 Å². The Bertz CT molecular complexity index is 763. The zero-order chi connectivity index (χ0) is 22.1. The van der Waals surface area contributed by atoms with Crippen molar-refractivity contribution in [2.75, 3.05) is 13.6 Å². The lowest BCUT2D eigenvalue weighted by Gasteiger charge is -2.39. The first kappa shape index (κ1) is 22.7. The van der Waals surface area contributed by atoms with Gasteiger partial charge in [-0.05, 0) is 65.1 Å². The van der Waals surface area contributed by atoms with Crippen molar-refractivity contribution in [3.8, 4) is 0 Å². The van der Waals surface area contributed by atoms with E-state index in [1.807, 2.05) is 17.0 Å². The molecule has 1 aromatic heterocycles. The van der Waals surface area contributed by atoms with Gasteiger partial charge in [0, 0.05) is 35.8 Å². The van der Waals surface area contributed by atoms with E-state index in [1.165, 1.54) is 0 Å². The number of nitrogens with zero attached hydrogens (tertiary/aromatic N) is 3. The Balaban J connectivity index is 1.57. The van der Waals surface area contributed by atoms with Crippen molar-refractivity contribution >= 4 is 11.8 Å². The topological polar surface area (TPSA) is 65.5 Å². The van der Waals surface area contributed by atoms with Gasteiger partial charge < -0.3 is 15.1 Å². The maximum atomic E-state index is 13.0. The van der Waals surface area contributed by atoms with Gasteiger partial charge in [0.2, 0.25) is 5.91 Å². The molecule has 1 atom stereocenters. The summed E-state index contributed by atoms with van der Waals surface area (Å²) in [6.45, 7) is 11.4. The third kappa shape index (κ3) is 5.02. The molecule has 166 valence electrons. The Morgan fingerprint density at radius 1 is 1.17 bits per heavy atom. The molecular weight excluding hydrogens is 376 g/mol. The van der Waals surface area contributed by atoms with E-state index in [4.69, 9.17) is 0 Å². The van der Waals surface area contributed by atoms with Crippen LogP contribution in [0.1, 0.15) is 82.9 Å². The Hall–Kier alpha value is -1.95.